The predicted octanol–water partition coefficient (Wildman–Crippen LogP) is 2.36. The van der Waals surface area contributed by atoms with Crippen LogP contribution in [0.25, 0.3) is 0 Å². The number of hydrogen-bond acceptors (Lipinski definition) is 4. The number of benzene rings is 2. The van der Waals surface area contributed by atoms with Crippen molar-refractivity contribution in [2.75, 3.05) is 44.2 Å². The van der Waals surface area contributed by atoms with Gasteiger partial charge in [0.25, 0.3) is 0 Å². The maximum absolute atomic E-state index is 12.4. The summed E-state index contributed by atoms with van der Waals surface area (Å²) in [6.07, 6.45) is 2.31. The molecule has 2 N–H and O–H groups in total. The van der Waals surface area contributed by atoms with E-state index < -0.39 is 0 Å². The van der Waals surface area contributed by atoms with Crippen LogP contribution in [-0.2, 0) is 10.2 Å². The number of nitrogens with zero attached hydrogens (tertiary/aromatic N) is 2. The van der Waals surface area contributed by atoms with Crippen LogP contribution in [0.3, 0.4) is 0 Å². The van der Waals surface area contributed by atoms with Gasteiger partial charge in [-0.25, -0.2) is 0 Å². The van der Waals surface area contributed by atoms with Crippen molar-refractivity contribution in [3.8, 4) is 5.75 Å². The Labute approximate surface area is 160 Å². The Morgan fingerprint density at radius 1 is 0.963 bits per heavy atom. The number of carbonyl (C=O) groups is 1. The molecule has 5 nitrogen and oxygen atoms in total. The highest BCUT2D eigenvalue weighted by Gasteiger charge is 2.44. The number of aromatic hydroxyl groups is 1. The van der Waals surface area contributed by atoms with Crippen molar-refractivity contribution in [1.29, 1.82) is 0 Å². The van der Waals surface area contributed by atoms with Gasteiger partial charge in [0.05, 0.1) is 6.54 Å². The molecular formula is C22H27N3O2. The van der Waals surface area contributed by atoms with Crippen molar-refractivity contribution < 1.29 is 9.90 Å². The number of rotatable bonds is 6. The van der Waals surface area contributed by atoms with E-state index in [1.807, 2.05) is 18.2 Å². The first-order valence-electron chi connectivity index (χ1n) is 9.73. The maximum atomic E-state index is 12.4. The number of amides is 1. The number of piperazine rings is 1. The summed E-state index contributed by atoms with van der Waals surface area (Å²) in [4.78, 5) is 16.9. The standard InChI is InChI=1S/C22H27N3O2/c26-20-8-6-19(7-9-20)25-14-12-24(13-15-25)16-21(27)23-17-22(10-11-22)18-4-2-1-3-5-18/h1-9,26H,10-17H2,(H,23,27). The Morgan fingerprint density at radius 3 is 2.26 bits per heavy atom. The molecule has 0 spiro atoms. The van der Waals surface area contributed by atoms with E-state index in [-0.39, 0.29) is 17.1 Å². The molecule has 27 heavy (non-hydrogen) atoms. The van der Waals surface area contributed by atoms with E-state index in [2.05, 4.69) is 39.4 Å². The second-order valence-corrected chi connectivity index (χ2v) is 7.70. The summed E-state index contributed by atoms with van der Waals surface area (Å²) in [5.74, 6) is 0.410. The van der Waals surface area contributed by atoms with Gasteiger partial charge in [0.15, 0.2) is 0 Å². The van der Waals surface area contributed by atoms with Gasteiger partial charge >= 0.3 is 0 Å². The van der Waals surface area contributed by atoms with Crippen LogP contribution in [0.15, 0.2) is 54.6 Å². The predicted molar refractivity (Wildman–Crippen MR) is 107 cm³/mol. The lowest BCUT2D eigenvalue weighted by Gasteiger charge is -2.35. The molecule has 2 aromatic rings. The van der Waals surface area contributed by atoms with Gasteiger partial charge in [-0.15, -0.1) is 0 Å². The van der Waals surface area contributed by atoms with Crippen molar-refractivity contribution in [2.24, 2.45) is 0 Å². The molecule has 5 heteroatoms. The van der Waals surface area contributed by atoms with Crippen molar-refractivity contribution in [3.05, 3.63) is 60.2 Å². The van der Waals surface area contributed by atoms with Crippen LogP contribution in [0.4, 0.5) is 5.69 Å². The summed E-state index contributed by atoms with van der Waals surface area (Å²) in [6, 6.07) is 17.8. The Balaban J connectivity index is 1.22. The van der Waals surface area contributed by atoms with Gasteiger partial charge in [-0.2, -0.15) is 0 Å². The van der Waals surface area contributed by atoms with Crippen molar-refractivity contribution in [2.45, 2.75) is 18.3 Å². The molecule has 1 aliphatic carbocycles. The number of phenolic OH excluding ortho intramolecular Hbond substituents is 1. The smallest absolute Gasteiger partial charge is 0.234 e. The van der Waals surface area contributed by atoms with Gasteiger partial charge in [0.1, 0.15) is 5.75 Å². The van der Waals surface area contributed by atoms with E-state index in [0.717, 1.165) is 51.3 Å². The first-order chi connectivity index (χ1) is 13.1. The minimum absolute atomic E-state index is 0.121. The number of carbonyl (C=O) groups excluding carboxylic acids is 1. The molecule has 1 aliphatic heterocycles. The molecule has 0 atom stereocenters. The topological polar surface area (TPSA) is 55.8 Å². The van der Waals surface area contributed by atoms with Gasteiger partial charge < -0.3 is 15.3 Å². The lowest BCUT2D eigenvalue weighted by atomic mass is 9.96. The van der Waals surface area contributed by atoms with Gasteiger partial charge in [-0.05, 0) is 42.7 Å². The molecule has 1 amide bonds. The van der Waals surface area contributed by atoms with E-state index in [0.29, 0.717) is 6.54 Å². The van der Waals surface area contributed by atoms with E-state index in [4.69, 9.17) is 0 Å². The van der Waals surface area contributed by atoms with Crippen LogP contribution in [0, 0.1) is 0 Å². The quantitative estimate of drug-likeness (QED) is 0.825. The molecule has 0 aromatic heterocycles. The van der Waals surface area contributed by atoms with Crippen LogP contribution >= 0.6 is 0 Å². The van der Waals surface area contributed by atoms with E-state index in [1.165, 1.54) is 5.56 Å². The van der Waals surface area contributed by atoms with Crippen molar-refractivity contribution >= 4 is 11.6 Å². The molecule has 1 heterocycles. The Hall–Kier alpha value is -2.53. The van der Waals surface area contributed by atoms with E-state index in [1.54, 1.807) is 12.1 Å². The molecule has 1 saturated heterocycles. The van der Waals surface area contributed by atoms with Crippen LogP contribution in [0.1, 0.15) is 18.4 Å². The highest BCUT2D eigenvalue weighted by atomic mass is 16.3. The third-order valence-corrected chi connectivity index (χ3v) is 5.82. The fourth-order valence-corrected chi connectivity index (χ4v) is 3.86. The molecule has 142 valence electrons. The van der Waals surface area contributed by atoms with E-state index in [9.17, 15) is 9.90 Å². The minimum atomic E-state index is 0.121. The number of hydrogen-bond donors (Lipinski definition) is 2. The molecule has 2 fully saturated rings. The van der Waals surface area contributed by atoms with Crippen molar-refractivity contribution in [1.82, 2.24) is 10.2 Å². The van der Waals surface area contributed by atoms with Crippen LogP contribution in [0.2, 0.25) is 0 Å². The average Bonchev–Trinajstić information content (AvgIpc) is 3.50. The lowest BCUT2D eigenvalue weighted by Crippen LogP contribution is -2.50. The number of phenols is 1. The summed E-state index contributed by atoms with van der Waals surface area (Å²) in [5, 5.41) is 12.6. The molecule has 0 unspecified atom stereocenters. The van der Waals surface area contributed by atoms with Crippen LogP contribution in [-0.4, -0.2) is 55.2 Å². The summed E-state index contributed by atoms with van der Waals surface area (Å²) >= 11 is 0. The zero-order valence-corrected chi connectivity index (χ0v) is 15.6. The summed E-state index contributed by atoms with van der Waals surface area (Å²) in [5.41, 5.74) is 2.62. The Kier molecular flexibility index (Phi) is 5.03. The van der Waals surface area contributed by atoms with Gasteiger partial charge in [-0.3, -0.25) is 9.69 Å². The van der Waals surface area contributed by atoms with Gasteiger partial charge in [0, 0.05) is 43.8 Å². The summed E-state index contributed by atoms with van der Waals surface area (Å²) < 4.78 is 0. The summed E-state index contributed by atoms with van der Waals surface area (Å²) in [7, 11) is 0. The Bertz CT molecular complexity index is 764. The molecule has 4 rings (SSSR count). The SMILES string of the molecule is O=C(CN1CCN(c2ccc(O)cc2)CC1)NCC1(c2ccccc2)CC1. The molecule has 1 saturated carbocycles. The third kappa shape index (κ3) is 4.25. The lowest BCUT2D eigenvalue weighted by molar-refractivity contribution is -0.122. The zero-order chi connectivity index (χ0) is 18.7. The first-order valence-corrected chi connectivity index (χ1v) is 9.73. The Morgan fingerprint density at radius 2 is 1.63 bits per heavy atom. The van der Waals surface area contributed by atoms with Gasteiger partial charge in [-0.1, -0.05) is 30.3 Å². The third-order valence-electron chi connectivity index (χ3n) is 5.82. The van der Waals surface area contributed by atoms with Crippen LogP contribution < -0.4 is 10.2 Å². The largest absolute Gasteiger partial charge is 0.508 e. The average molecular weight is 365 g/mol. The first kappa shape index (κ1) is 17.9. The summed E-state index contributed by atoms with van der Waals surface area (Å²) in [6.45, 7) is 4.74. The zero-order valence-electron chi connectivity index (χ0n) is 15.6. The fraction of sp³-hybridized carbons (Fsp3) is 0.409. The molecule has 2 aromatic carbocycles. The molecule has 0 radical (unpaired) electrons. The van der Waals surface area contributed by atoms with E-state index >= 15 is 0 Å². The monoisotopic (exact) mass is 365 g/mol. The highest BCUT2D eigenvalue weighted by Crippen LogP contribution is 2.47. The van der Waals surface area contributed by atoms with Crippen LogP contribution in [0.5, 0.6) is 5.75 Å². The molecule has 0 bridgehead atoms. The van der Waals surface area contributed by atoms with Gasteiger partial charge in [0.2, 0.25) is 5.91 Å². The normalized spacial score (nSPS) is 18.9. The fourth-order valence-electron chi connectivity index (χ4n) is 3.86. The minimum Gasteiger partial charge on any atom is -0.508 e. The maximum Gasteiger partial charge on any atom is 0.234 e. The number of nitrogens with one attached hydrogen (secondary N) is 1. The number of anilines is 1. The second kappa shape index (κ2) is 7.61. The molecular weight excluding hydrogens is 338 g/mol. The molecule has 2 aliphatic rings. The van der Waals surface area contributed by atoms with Crippen molar-refractivity contribution in [3.63, 3.8) is 0 Å². The highest BCUT2D eigenvalue weighted by molar-refractivity contribution is 5.78. The second-order valence-electron chi connectivity index (χ2n) is 7.70.